The Hall–Kier alpha value is -3.80. The molecule has 4 rings (SSSR count). The molecule has 0 aliphatic rings. The van der Waals surface area contributed by atoms with Gasteiger partial charge in [0.15, 0.2) is 11.5 Å². The normalized spacial score (nSPS) is 11.5. The summed E-state index contributed by atoms with van der Waals surface area (Å²) in [6, 6.07) is 19.4. The highest BCUT2D eigenvalue weighted by Gasteiger charge is 2.19. The van der Waals surface area contributed by atoms with E-state index in [4.69, 9.17) is 19.2 Å². The van der Waals surface area contributed by atoms with Crippen LogP contribution in [0.3, 0.4) is 0 Å². The summed E-state index contributed by atoms with van der Waals surface area (Å²) >= 11 is 0. The van der Waals surface area contributed by atoms with Gasteiger partial charge in [0.2, 0.25) is 5.75 Å². The number of hydrogen-bond acceptors (Lipinski definition) is 5. The second kappa shape index (κ2) is 9.21. The lowest BCUT2D eigenvalue weighted by molar-refractivity contribution is 0.324. The summed E-state index contributed by atoms with van der Waals surface area (Å²) in [7, 11) is 4.70. The first-order chi connectivity index (χ1) is 16.3. The Bertz CT molecular complexity index is 1360. The van der Waals surface area contributed by atoms with Crippen molar-refractivity contribution >= 4 is 10.9 Å². The molecule has 3 aromatic carbocycles. The van der Waals surface area contributed by atoms with Crippen molar-refractivity contribution < 1.29 is 14.2 Å². The van der Waals surface area contributed by atoms with E-state index in [-0.39, 0.29) is 11.0 Å². The Morgan fingerprint density at radius 3 is 2.03 bits per heavy atom. The zero-order chi connectivity index (χ0) is 24.5. The van der Waals surface area contributed by atoms with Crippen LogP contribution < -0.4 is 19.8 Å². The van der Waals surface area contributed by atoms with Crippen LogP contribution in [0.1, 0.15) is 31.9 Å². The van der Waals surface area contributed by atoms with E-state index in [0.717, 1.165) is 5.56 Å². The summed E-state index contributed by atoms with van der Waals surface area (Å²) in [5, 5.41) is 0.574. The summed E-state index contributed by atoms with van der Waals surface area (Å²) in [4.78, 5) is 18.5. The minimum absolute atomic E-state index is 0.0568. The Morgan fingerprint density at radius 1 is 0.853 bits per heavy atom. The molecule has 0 unspecified atom stereocenters. The van der Waals surface area contributed by atoms with E-state index >= 15 is 0 Å². The Kier molecular flexibility index (Phi) is 6.33. The molecule has 34 heavy (non-hydrogen) atoms. The minimum atomic E-state index is -0.103. The van der Waals surface area contributed by atoms with Crippen molar-refractivity contribution in [3.63, 3.8) is 0 Å². The molecule has 0 saturated heterocycles. The molecular formula is C28H30N2O4. The van der Waals surface area contributed by atoms with Crippen LogP contribution in [0.5, 0.6) is 17.2 Å². The van der Waals surface area contributed by atoms with Crippen LogP contribution in [0.2, 0.25) is 0 Å². The van der Waals surface area contributed by atoms with Crippen molar-refractivity contribution in [1.82, 2.24) is 9.55 Å². The van der Waals surface area contributed by atoms with Gasteiger partial charge in [-0.1, -0.05) is 57.2 Å². The number of hydrogen-bond donors (Lipinski definition) is 0. The van der Waals surface area contributed by atoms with Crippen molar-refractivity contribution in [1.29, 1.82) is 0 Å². The van der Waals surface area contributed by atoms with Gasteiger partial charge in [-0.05, 0) is 40.8 Å². The number of aromatic nitrogens is 2. The van der Waals surface area contributed by atoms with Crippen LogP contribution >= 0.6 is 0 Å². The number of nitrogens with zero attached hydrogens (tertiary/aromatic N) is 2. The Labute approximate surface area is 199 Å². The van der Waals surface area contributed by atoms with Crippen molar-refractivity contribution in [2.24, 2.45) is 0 Å². The van der Waals surface area contributed by atoms with Crippen LogP contribution in [0.15, 0.2) is 65.5 Å². The summed E-state index contributed by atoms with van der Waals surface area (Å²) in [5.74, 6) is 2.02. The zero-order valence-corrected chi connectivity index (χ0v) is 20.5. The van der Waals surface area contributed by atoms with Gasteiger partial charge in [-0.3, -0.25) is 9.36 Å². The molecule has 4 aromatic rings. The first-order valence-corrected chi connectivity index (χ1v) is 11.2. The predicted molar refractivity (Wildman–Crippen MR) is 135 cm³/mol. The van der Waals surface area contributed by atoms with Gasteiger partial charge >= 0.3 is 0 Å². The van der Waals surface area contributed by atoms with Crippen molar-refractivity contribution in [3.05, 3.63) is 82.1 Å². The van der Waals surface area contributed by atoms with Gasteiger partial charge in [0, 0.05) is 5.56 Å². The highest BCUT2D eigenvalue weighted by atomic mass is 16.5. The predicted octanol–water partition coefficient (Wildman–Crippen LogP) is 5.44. The van der Waals surface area contributed by atoms with Gasteiger partial charge in [-0.15, -0.1) is 0 Å². The van der Waals surface area contributed by atoms with E-state index in [1.54, 1.807) is 25.9 Å². The highest BCUT2D eigenvalue weighted by Crippen LogP contribution is 2.41. The molecule has 6 nitrogen and oxygen atoms in total. The SMILES string of the molecule is COc1cc(-c2nc3ccccc3c(=O)n2Cc2ccc(C(C)(C)C)cc2)cc(OC)c1OC. The molecule has 1 heterocycles. The van der Waals surface area contributed by atoms with Gasteiger partial charge in [0.25, 0.3) is 5.56 Å². The lowest BCUT2D eigenvalue weighted by Crippen LogP contribution is -2.24. The molecule has 0 spiro atoms. The third-order valence-corrected chi connectivity index (χ3v) is 5.95. The molecule has 0 aliphatic heterocycles. The van der Waals surface area contributed by atoms with Gasteiger partial charge in [-0.2, -0.15) is 0 Å². The van der Waals surface area contributed by atoms with Crippen molar-refractivity contribution in [2.75, 3.05) is 21.3 Å². The van der Waals surface area contributed by atoms with Crippen molar-refractivity contribution in [3.8, 4) is 28.6 Å². The largest absolute Gasteiger partial charge is 0.493 e. The lowest BCUT2D eigenvalue weighted by Gasteiger charge is -2.20. The molecule has 0 fully saturated rings. The average molecular weight is 459 g/mol. The van der Waals surface area contributed by atoms with E-state index < -0.39 is 0 Å². The fraction of sp³-hybridized carbons (Fsp3) is 0.286. The Morgan fingerprint density at radius 2 is 1.47 bits per heavy atom. The zero-order valence-electron chi connectivity index (χ0n) is 20.5. The standard InChI is InChI=1S/C28H30N2O4/c1-28(2,3)20-13-11-18(12-14-20)17-30-26(29-22-10-8-7-9-21(22)27(30)31)19-15-23(32-4)25(34-6)24(16-19)33-5/h7-16H,17H2,1-6H3. The van der Waals surface area contributed by atoms with Gasteiger partial charge in [-0.25, -0.2) is 4.98 Å². The molecule has 176 valence electrons. The summed E-state index contributed by atoms with van der Waals surface area (Å²) in [6.07, 6.45) is 0. The summed E-state index contributed by atoms with van der Waals surface area (Å²) in [5.41, 5.74) is 3.54. The van der Waals surface area contributed by atoms with Crippen LogP contribution in [0, 0.1) is 0 Å². The van der Waals surface area contributed by atoms with Crippen LogP contribution in [0.25, 0.3) is 22.3 Å². The van der Waals surface area contributed by atoms with E-state index in [2.05, 4.69) is 45.0 Å². The molecule has 6 heteroatoms. The smallest absolute Gasteiger partial charge is 0.261 e. The maximum Gasteiger partial charge on any atom is 0.261 e. The molecule has 0 N–H and O–H groups in total. The molecule has 0 aliphatic carbocycles. The molecule has 0 atom stereocenters. The second-order valence-electron chi connectivity index (χ2n) is 9.20. The molecule has 0 amide bonds. The van der Waals surface area contributed by atoms with Gasteiger partial charge in [0.05, 0.1) is 38.8 Å². The number of para-hydroxylation sites is 1. The third-order valence-electron chi connectivity index (χ3n) is 5.95. The molecule has 1 aromatic heterocycles. The van der Waals surface area contributed by atoms with Crippen LogP contribution in [-0.2, 0) is 12.0 Å². The third kappa shape index (κ3) is 4.36. The van der Waals surface area contributed by atoms with Gasteiger partial charge < -0.3 is 14.2 Å². The number of methoxy groups -OCH3 is 3. The fourth-order valence-corrected chi connectivity index (χ4v) is 4.04. The maximum atomic E-state index is 13.6. The highest BCUT2D eigenvalue weighted by molar-refractivity contribution is 5.80. The number of rotatable bonds is 6. The average Bonchev–Trinajstić information content (AvgIpc) is 2.84. The first-order valence-electron chi connectivity index (χ1n) is 11.2. The maximum absolute atomic E-state index is 13.6. The van der Waals surface area contributed by atoms with E-state index in [9.17, 15) is 4.79 Å². The minimum Gasteiger partial charge on any atom is -0.493 e. The number of ether oxygens (including phenoxy) is 3. The van der Waals surface area contributed by atoms with Crippen LogP contribution in [-0.4, -0.2) is 30.9 Å². The molecule has 0 saturated carbocycles. The van der Waals surface area contributed by atoms with Crippen molar-refractivity contribution in [2.45, 2.75) is 32.7 Å². The summed E-state index contributed by atoms with van der Waals surface area (Å²) in [6.45, 7) is 6.93. The van der Waals surface area contributed by atoms with Gasteiger partial charge in [0.1, 0.15) is 5.82 Å². The van der Waals surface area contributed by atoms with E-state index in [0.29, 0.717) is 46.1 Å². The Balaban J connectivity index is 1.92. The number of fused-ring (bicyclic) bond motifs is 1. The van der Waals surface area contributed by atoms with E-state index in [1.807, 2.05) is 36.4 Å². The quantitative estimate of drug-likeness (QED) is 0.385. The fourth-order valence-electron chi connectivity index (χ4n) is 4.04. The lowest BCUT2D eigenvalue weighted by atomic mass is 9.87. The first kappa shape index (κ1) is 23.4. The number of benzene rings is 3. The monoisotopic (exact) mass is 458 g/mol. The van der Waals surface area contributed by atoms with Crippen LogP contribution in [0.4, 0.5) is 0 Å². The summed E-state index contributed by atoms with van der Waals surface area (Å²) < 4.78 is 18.3. The van der Waals surface area contributed by atoms with E-state index in [1.165, 1.54) is 5.56 Å². The topological polar surface area (TPSA) is 62.6 Å². The molecule has 0 bridgehead atoms. The second-order valence-corrected chi connectivity index (χ2v) is 9.20. The molecule has 0 radical (unpaired) electrons. The molecular weight excluding hydrogens is 428 g/mol.